The van der Waals surface area contributed by atoms with Gasteiger partial charge in [-0.3, -0.25) is 4.90 Å². The molecule has 2 bridgehead atoms. The molecule has 0 aromatic rings. The van der Waals surface area contributed by atoms with E-state index in [2.05, 4.69) is 4.90 Å². The summed E-state index contributed by atoms with van der Waals surface area (Å²) in [7, 11) is 2.03. The first-order chi connectivity index (χ1) is 5.70. The topological polar surface area (TPSA) is 40.5 Å². The van der Waals surface area contributed by atoms with Crippen molar-refractivity contribution in [1.82, 2.24) is 4.90 Å². The van der Waals surface area contributed by atoms with Crippen LogP contribution in [0.5, 0.6) is 0 Å². The van der Waals surface area contributed by atoms with Gasteiger partial charge in [0, 0.05) is 12.1 Å². The zero-order chi connectivity index (χ0) is 8.72. The molecule has 0 spiro atoms. The van der Waals surface area contributed by atoms with Crippen LogP contribution in [0.1, 0.15) is 19.3 Å². The van der Waals surface area contributed by atoms with Gasteiger partial charge in [-0.15, -0.1) is 0 Å². The second-order valence-electron chi connectivity index (χ2n) is 3.61. The molecule has 1 fully saturated rings. The van der Waals surface area contributed by atoms with Crippen molar-refractivity contribution >= 4 is 5.97 Å². The van der Waals surface area contributed by atoms with Gasteiger partial charge in [0.2, 0.25) is 0 Å². The van der Waals surface area contributed by atoms with Crippen LogP contribution in [0.2, 0.25) is 0 Å². The fourth-order valence-corrected chi connectivity index (χ4v) is 2.30. The van der Waals surface area contributed by atoms with E-state index in [0.29, 0.717) is 11.6 Å². The average molecular weight is 167 g/mol. The number of carboxylic acid groups (broad SMARTS) is 1. The first-order valence-electron chi connectivity index (χ1n) is 4.35. The minimum absolute atomic E-state index is 0.182. The van der Waals surface area contributed by atoms with E-state index >= 15 is 0 Å². The fourth-order valence-electron chi connectivity index (χ4n) is 2.30. The summed E-state index contributed by atoms with van der Waals surface area (Å²) in [5.74, 6) is -0.743. The van der Waals surface area contributed by atoms with Gasteiger partial charge in [-0.25, -0.2) is 4.79 Å². The van der Waals surface area contributed by atoms with Gasteiger partial charge in [0.25, 0.3) is 0 Å². The Hall–Kier alpha value is -0.830. The van der Waals surface area contributed by atoms with E-state index in [1.54, 1.807) is 0 Å². The van der Waals surface area contributed by atoms with Gasteiger partial charge in [0.1, 0.15) is 0 Å². The van der Waals surface area contributed by atoms with Gasteiger partial charge in [0.05, 0.1) is 5.57 Å². The lowest BCUT2D eigenvalue weighted by Crippen LogP contribution is -2.38. The van der Waals surface area contributed by atoms with E-state index in [4.69, 9.17) is 5.11 Å². The molecule has 2 heterocycles. The average Bonchev–Trinajstić information content (AvgIpc) is 2.32. The molecule has 66 valence electrons. The summed E-state index contributed by atoms with van der Waals surface area (Å²) in [4.78, 5) is 13.0. The third-order valence-electron chi connectivity index (χ3n) is 3.06. The molecule has 2 rings (SSSR count). The minimum atomic E-state index is -0.743. The Labute approximate surface area is 71.7 Å². The number of aliphatic carboxylic acids is 1. The van der Waals surface area contributed by atoms with Crippen LogP contribution in [-0.4, -0.2) is 35.1 Å². The van der Waals surface area contributed by atoms with Crippen molar-refractivity contribution < 1.29 is 9.90 Å². The summed E-state index contributed by atoms with van der Waals surface area (Å²) in [6.45, 7) is 0. The van der Waals surface area contributed by atoms with Crippen molar-refractivity contribution in [3.63, 3.8) is 0 Å². The SMILES string of the molecule is CN1C2CC[C@@H]1CC=C2C(=O)O. The molecule has 3 nitrogen and oxygen atoms in total. The monoisotopic (exact) mass is 167 g/mol. The number of carboxylic acids is 1. The first kappa shape index (κ1) is 7.80. The van der Waals surface area contributed by atoms with Gasteiger partial charge in [-0.05, 0) is 26.3 Å². The molecule has 1 N–H and O–H groups in total. The summed E-state index contributed by atoms with van der Waals surface area (Å²) < 4.78 is 0. The molecular weight excluding hydrogens is 154 g/mol. The van der Waals surface area contributed by atoms with Crippen molar-refractivity contribution in [3.05, 3.63) is 11.6 Å². The van der Waals surface area contributed by atoms with E-state index in [-0.39, 0.29) is 6.04 Å². The summed E-state index contributed by atoms with van der Waals surface area (Å²) in [5.41, 5.74) is 0.603. The third kappa shape index (κ3) is 0.966. The van der Waals surface area contributed by atoms with Crippen molar-refractivity contribution in [1.29, 1.82) is 0 Å². The Morgan fingerprint density at radius 3 is 3.08 bits per heavy atom. The van der Waals surface area contributed by atoms with Gasteiger partial charge in [-0.2, -0.15) is 0 Å². The van der Waals surface area contributed by atoms with E-state index in [0.717, 1.165) is 19.3 Å². The van der Waals surface area contributed by atoms with Crippen LogP contribution < -0.4 is 0 Å². The normalized spacial score (nSPS) is 34.9. The van der Waals surface area contributed by atoms with Crippen LogP contribution >= 0.6 is 0 Å². The predicted molar refractivity (Wildman–Crippen MR) is 44.9 cm³/mol. The number of rotatable bonds is 1. The van der Waals surface area contributed by atoms with Crippen LogP contribution in [0.15, 0.2) is 11.6 Å². The fraction of sp³-hybridized carbons (Fsp3) is 0.667. The van der Waals surface area contributed by atoms with Gasteiger partial charge < -0.3 is 5.11 Å². The van der Waals surface area contributed by atoms with Gasteiger partial charge in [0.15, 0.2) is 0 Å². The summed E-state index contributed by atoms with van der Waals surface area (Å²) >= 11 is 0. The molecule has 1 saturated heterocycles. The van der Waals surface area contributed by atoms with E-state index in [1.165, 1.54) is 0 Å². The molecule has 0 saturated carbocycles. The number of fused-ring (bicyclic) bond motifs is 2. The summed E-state index contributed by atoms with van der Waals surface area (Å²) in [5, 5.41) is 8.88. The molecule has 12 heavy (non-hydrogen) atoms. The number of carbonyl (C=O) groups is 1. The summed E-state index contributed by atoms with van der Waals surface area (Å²) in [6, 6.07) is 0.777. The molecule has 0 radical (unpaired) electrons. The number of hydrogen-bond acceptors (Lipinski definition) is 2. The van der Waals surface area contributed by atoms with Gasteiger partial charge >= 0.3 is 5.97 Å². The molecule has 0 amide bonds. The van der Waals surface area contributed by atoms with Crippen LogP contribution in [-0.2, 0) is 4.79 Å². The third-order valence-corrected chi connectivity index (χ3v) is 3.06. The molecule has 2 atom stereocenters. The standard InChI is InChI=1S/C9H13NO2/c1-10-6-2-4-7(9(11)12)8(10)5-3-6/h4,6,8H,2-3,5H2,1H3,(H,11,12)/t6-,8?/m0/s1. The quantitative estimate of drug-likeness (QED) is 0.629. The summed E-state index contributed by atoms with van der Waals surface area (Å²) in [6.07, 6.45) is 4.97. The molecule has 2 aliphatic heterocycles. The van der Waals surface area contributed by atoms with Crippen LogP contribution in [0.3, 0.4) is 0 Å². The van der Waals surface area contributed by atoms with E-state index < -0.39 is 5.97 Å². The zero-order valence-corrected chi connectivity index (χ0v) is 7.16. The lowest BCUT2D eigenvalue weighted by Gasteiger charge is -2.29. The second kappa shape index (κ2) is 2.59. The Bertz CT molecular complexity index is 247. The first-order valence-corrected chi connectivity index (χ1v) is 4.35. The Balaban J connectivity index is 2.27. The maximum Gasteiger partial charge on any atom is 0.332 e. The Morgan fingerprint density at radius 1 is 1.67 bits per heavy atom. The van der Waals surface area contributed by atoms with Crippen LogP contribution in [0.25, 0.3) is 0 Å². The highest BCUT2D eigenvalue weighted by atomic mass is 16.4. The highest BCUT2D eigenvalue weighted by molar-refractivity contribution is 5.88. The molecule has 0 aliphatic carbocycles. The predicted octanol–water partition coefficient (Wildman–Crippen LogP) is 0.864. The van der Waals surface area contributed by atoms with Crippen molar-refractivity contribution in [2.24, 2.45) is 0 Å². The smallest absolute Gasteiger partial charge is 0.332 e. The number of nitrogens with zero attached hydrogens (tertiary/aromatic N) is 1. The van der Waals surface area contributed by atoms with E-state index in [9.17, 15) is 4.79 Å². The highest BCUT2D eigenvalue weighted by Gasteiger charge is 2.37. The Kier molecular flexibility index (Phi) is 1.68. The molecule has 3 heteroatoms. The van der Waals surface area contributed by atoms with E-state index in [1.807, 2.05) is 13.1 Å². The lowest BCUT2D eigenvalue weighted by molar-refractivity contribution is -0.133. The van der Waals surface area contributed by atoms with Crippen LogP contribution in [0.4, 0.5) is 0 Å². The van der Waals surface area contributed by atoms with Crippen molar-refractivity contribution in [3.8, 4) is 0 Å². The number of hydrogen-bond donors (Lipinski definition) is 1. The second-order valence-corrected chi connectivity index (χ2v) is 3.61. The molecule has 0 aromatic heterocycles. The highest BCUT2D eigenvalue weighted by Crippen LogP contribution is 2.33. The maximum absolute atomic E-state index is 10.8. The Morgan fingerprint density at radius 2 is 2.42 bits per heavy atom. The molecule has 0 aromatic carbocycles. The largest absolute Gasteiger partial charge is 0.478 e. The maximum atomic E-state index is 10.8. The number of likely N-dealkylation sites (N-methyl/N-ethyl adjacent to an activating group) is 1. The van der Waals surface area contributed by atoms with Crippen LogP contribution in [0, 0.1) is 0 Å². The minimum Gasteiger partial charge on any atom is -0.478 e. The lowest BCUT2D eigenvalue weighted by atomic mass is 10.0. The van der Waals surface area contributed by atoms with Gasteiger partial charge in [-0.1, -0.05) is 6.08 Å². The van der Waals surface area contributed by atoms with Crippen molar-refractivity contribution in [2.75, 3.05) is 7.05 Å². The molecule has 1 unspecified atom stereocenters. The van der Waals surface area contributed by atoms with Crippen molar-refractivity contribution in [2.45, 2.75) is 31.3 Å². The molecular formula is C9H13NO2. The molecule has 2 aliphatic rings. The zero-order valence-electron chi connectivity index (χ0n) is 7.16.